The molecule has 0 N–H and O–H groups in total. The van der Waals surface area contributed by atoms with Crippen LogP contribution in [0.15, 0.2) is 48.5 Å². The molecule has 0 radical (unpaired) electrons. The zero-order chi connectivity index (χ0) is 19.9. The van der Waals surface area contributed by atoms with Gasteiger partial charge in [0, 0.05) is 38.8 Å². The summed E-state index contributed by atoms with van der Waals surface area (Å²) in [5.41, 5.74) is 2.43. The molecule has 1 aliphatic heterocycles. The van der Waals surface area contributed by atoms with Crippen LogP contribution < -0.4 is 4.74 Å². The molecule has 2 aromatic rings. The fraction of sp³-hybridized carbons (Fsp3) is 0.273. The molecule has 0 unspecified atom stereocenters. The number of rotatable bonds is 5. The van der Waals surface area contributed by atoms with Crippen LogP contribution in [0.4, 0.5) is 4.39 Å². The van der Waals surface area contributed by atoms with Gasteiger partial charge in [0.1, 0.15) is 0 Å². The lowest BCUT2D eigenvalue weighted by molar-refractivity contribution is -0.127. The molecule has 0 atom stereocenters. The predicted octanol–water partition coefficient (Wildman–Crippen LogP) is 3.06. The highest BCUT2D eigenvalue weighted by atomic mass is 19.1. The Hall–Kier alpha value is -3.17. The number of hydrogen-bond acceptors (Lipinski definition) is 4. The number of benzene rings is 2. The standard InChI is InChI=1S/C22H22FN3O2/c1-28-21-8-6-17(14-20(21)23)7-9-22(27)26-12-10-25(11-13-26)16-19-4-2-18(15-24)3-5-19/h2-9,14H,10-13,16H2,1H3/b9-7+. The van der Waals surface area contributed by atoms with E-state index >= 15 is 0 Å². The minimum atomic E-state index is -0.450. The highest BCUT2D eigenvalue weighted by Crippen LogP contribution is 2.18. The van der Waals surface area contributed by atoms with Crippen molar-refractivity contribution in [3.63, 3.8) is 0 Å². The van der Waals surface area contributed by atoms with Gasteiger partial charge >= 0.3 is 0 Å². The second-order valence-corrected chi connectivity index (χ2v) is 6.64. The Morgan fingerprint density at radius 3 is 2.50 bits per heavy atom. The summed E-state index contributed by atoms with van der Waals surface area (Å²) in [6.07, 6.45) is 3.10. The Kier molecular flexibility index (Phi) is 6.41. The molecule has 1 heterocycles. The smallest absolute Gasteiger partial charge is 0.246 e. The molecule has 0 bridgehead atoms. The number of carbonyl (C=O) groups is 1. The molecule has 0 spiro atoms. The molecule has 1 aliphatic rings. The summed E-state index contributed by atoms with van der Waals surface area (Å²) in [6.45, 7) is 3.68. The topological polar surface area (TPSA) is 56.6 Å². The molecule has 0 aromatic heterocycles. The second kappa shape index (κ2) is 9.16. The van der Waals surface area contributed by atoms with Crippen molar-refractivity contribution >= 4 is 12.0 Å². The summed E-state index contributed by atoms with van der Waals surface area (Å²) in [7, 11) is 1.42. The van der Waals surface area contributed by atoms with E-state index in [0.29, 0.717) is 24.2 Å². The quantitative estimate of drug-likeness (QED) is 0.750. The number of ether oxygens (including phenoxy) is 1. The van der Waals surface area contributed by atoms with Gasteiger partial charge < -0.3 is 9.64 Å². The van der Waals surface area contributed by atoms with Crippen molar-refractivity contribution in [2.45, 2.75) is 6.54 Å². The third-order valence-electron chi connectivity index (χ3n) is 4.77. The Balaban J connectivity index is 1.50. The number of amides is 1. The van der Waals surface area contributed by atoms with Gasteiger partial charge in [0.2, 0.25) is 5.91 Å². The van der Waals surface area contributed by atoms with Gasteiger partial charge in [0.05, 0.1) is 18.7 Å². The van der Waals surface area contributed by atoms with Crippen LogP contribution in [0.2, 0.25) is 0 Å². The van der Waals surface area contributed by atoms with Crippen molar-refractivity contribution in [2.24, 2.45) is 0 Å². The summed E-state index contributed by atoms with van der Waals surface area (Å²) >= 11 is 0. The normalized spacial score (nSPS) is 14.8. The first-order chi connectivity index (χ1) is 13.6. The number of halogens is 1. The van der Waals surface area contributed by atoms with Gasteiger partial charge in [-0.25, -0.2) is 4.39 Å². The number of nitriles is 1. The van der Waals surface area contributed by atoms with Gasteiger partial charge in [-0.05, 0) is 41.5 Å². The Labute approximate surface area is 164 Å². The van der Waals surface area contributed by atoms with Crippen LogP contribution in [0.5, 0.6) is 5.75 Å². The van der Waals surface area contributed by atoms with Crippen LogP contribution in [-0.4, -0.2) is 49.0 Å². The molecular weight excluding hydrogens is 357 g/mol. The fourth-order valence-electron chi connectivity index (χ4n) is 3.13. The van der Waals surface area contributed by atoms with Crippen LogP contribution in [-0.2, 0) is 11.3 Å². The highest BCUT2D eigenvalue weighted by Gasteiger charge is 2.19. The lowest BCUT2D eigenvalue weighted by Gasteiger charge is -2.34. The maximum Gasteiger partial charge on any atom is 0.246 e. The minimum Gasteiger partial charge on any atom is -0.494 e. The predicted molar refractivity (Wildman–Crippen MR) is 105 cm³/mol. The molecule has 5 nitrogen and oxygen atoms in total. The summed E-state index contributed by atoms with van der Waals surface area (Å²) < 4.78 is 18.6. The molecule has 28 heavy (non-hydrogen) atoms. The van der Waals surface area contributed by atoms with E-state index in [1.165, 1.54) is 19.3 Å². The van der Waals surface area contributed by atoms with Crippen LogP contribution in [0, 0.1) is 17.1 Å². The zero-order valence-corrected chi connectivity index (χ0v) is 15.8. The number of methoxy groups -OCH3 is 1. The van der Waals surface area contributed by atoms with Gasteiger partial charge in [-0.15, -0.1) is 0 Å². The SMILES string of the molecule is COc1ccc(/C=C/C(=O)N2CCN(Cc3ccc(C#N)cc3)CC2)cc1F. The van der Waals surface area contributed by atoms with E-state index in [2.05, 4.69) is 11.0 Å². The zero-order valence-electron chi connectivity index (χ0n) is 15.8. The summed E-state index contributed by atoms with van der Waals surface area (Å²) in [6, 6.07) is 14.3. The van der Waals surface area contributed by atoms with Crippen molar-refractivity contribution in [3.8, 4) is 11.8 Å². The van der Waals surface area contributed by atoms with Gasteiger partial charge in [-0.3, -0.25) is 9.69 Å². The summed E-state index contributed by atoms with van der Waals surface area (Å²) in [4.78, 5) is 16.5. The molecule has 3 rings (SSSR count). The second-order valence-electron chi connectivity index (χ2n) is 6.64. The lowest BCUT2D eigenvalue weighted by Crippen LogP contribution is -2.47. The molecular formula is C22H22FN3O2. The molecule has 0 aliphatic carbocycles. The first-order valence-electron chi connectivity index (χ1n) is 9.11. The number of carbonyl (C=O) groups excluding carboxylic acids is 1. The van der Waals surface area contributed by atoms with Gasteiger partial charge in [0.25, 0.3) is 0 Å². The van der Waals surface area contributed by atoms with Crippen molar-refractivity contribution < 1.29 is 13.9 Å². The third-order valence-corrected chi connectivity index (χ3v) is 4.77. The van der Waals surface area contributed by atoms with Crippen LogP contribution >= 0.6 is 0 Å². The molecule has 1 saturated heterocycles. The number of hydrogen-bond donors (Lipinski definition) is 0. The van der Waals surface area contributed by atoms with E-state index < -0.39 is 5.82 Å². The Morgan fingerprint density at radius 2 is 1.89 bits per heavy atom. The largest absolute Gasteiger partial charge is 0.494 e. The van der Waals surface area contributed by atoms with Crippen LogP contribution in [0.1, 0.15) is 16.7 Å². The molecule has 0 saturated carbocycles. The van der Waals surface area contributed by atoms with Crippen molar-refractivity contribution in [1.29, 1.82) is 5.26 Å². The lowest BCUT2D eigenvalue weighted by atomic mass is 10.1. The molecule has 6 heteroatoms. The highest BCUT2D eigenvalue weighted by molar-refractivity contribution is 5.91. The Morgan fingerprint density at radius 1 is 1.18 bits per heavy atom. The first-order valence-corrected chi connectivity index (χ1v) is 9.11. The van der Waals surface area contributed by atoms with Gasteiger partial charge in [0.15, 0.2) is 11.6 Å². The number of piperazine rings is 1. The van der Waals surface area contributed by atoms with Crippen LogP contribution in [0.3, 0.4) is 0 Å². The van der Waals surface area contributed by atoms with Gasteiger partial charge in [-0.1, -0.05) is 18.2 Å². The van der Waals surface area contributed by atoms with Gasteiger partial charge in [-0.2, -0.15) is 5.26 Å². The maximum absolute atomic E-state index is 13.7. The van der Waals surface area contributed by atoms with Crippen LogP contribution in [0.25, 0.3) is 6.08 Å². The van der Waals surface area contributed by atoms with E-state index in [1.807, 2.05) is 24.3 Å². The molecule has 1 fully saturated rings. The van der Waals surface area contributed by atoms with E-state index in [1.54, 1.807) is 23.1 Å². The maximum atomic E-state index is 13.7. The molecule has 144 valence electrons. The summed E-state index contributed by atoms with van der Waals surface area (Å²) in [5, 5.41) is 8.86. The van der Waals surface area contributed by atoms with E-state index in [4.69, 9.17) is 10.00 Å². The molecule has 1 amide bonds. The number of nitrogens with zero attached hydrogens (tertiary/aromatic N) is 3. The first kappa shape index (κ1) is 19.6. The van der Waals surface area contributed by atoms with E-state index in [9.17, 15) is 9.18 Å². The minimum absolute atomic E-state index is 0.0748. The average Bonchev–Trinajstić information content (AvgIpc) is 2.73. The van der Waals surface area contributed by atoms with E-state index in [0.717, 1.165) is 25.2 Å². The summed E-state index contributed by atoms with van der Waals surface area (Å²) in [5.74, 6) is -0.343. The average molecular weight is 379 g/mol. The third kappa shape index (κ3) is 4.96. The molecule has 2 aromatic carbocycles. The fourth-order valence-corrected chi connectivity index (χ4v) is 3.13. The van der Waals surface area contributed by atoms with Crippen molar-refractivity contribution in [2.75, 3.05) is 33.3 Å². The van der Waals surface area contributed by atoms with Crippen molar-refractivity contribution in [3.05, 3.63) is 71.0 Å². The monoisotopic (exact) mass is 379 g/mol. The van der Waals surface area contributed by atoms with Crippen molar-refractivity contribution in [1.82, 2.24) is 9.80 Å². The Bertz CT molecular complexity index is 895. The van der Waals surface area contributed by atoms with E-state index in [-0.39, 0.29) is 11.7 Å².